The number of fused-ring (bicyclic) bond motifs is 1. The van der Waals surface area contributed by atoms with Gasteiger partial charge in [-0.05, 0) is 24.3 Å². The molecule has 4 aromatic rings. The fourth-order valence-electron chi connectivity index (χ4n) is 3.82. The van der Waals surface area contributed by atoms with E-state index in [4.69, 9.17) is 9.47 Å². The van der Waals surface area contributed by atoms with Crippen LogP contribution in [0.25, 0.3) is 21.8 Å². The Morgan fingerprint density at radius 2 is 2.07 bits per heavy atom. The van der Waals surface area contributed by atoms with Gasteiger partial charge in [-0.1, -0.05) is 6.07 Å². The third-order valence-electron chi connectivity index (χ3n) is 5.19. The molecule has 0 fully saturated rings. The molecular weight excluding hydrogens is 379 g/mol. The second-order valence-electron chi connectivity index (χ2n) is 6.71. The Morgan fingerprint density at radius 1 is 1.24 bits per heavy atom. The summed E-state index contributed by atoms with van der Waals surface area (Å²) in [5, 5.41) is 11.4. The van der Waals surface area contributed by atoms with Gasteiger partial charge in [0.25, 0.3) is 11.5 Å². The number of carbonyl (C=O) groups is 1. The van der Waals surface area contributed by atoms with Crippen LogP contribution in [-0.4, -0.2) is 33.9 Å². The van der Waals surface area contributed by atoms with E-state index in [1.807, 2.05) is 0 Å². The predicted octanol–water partition coefficient (Wildman–Crippen LogP) is 2.89. The molecule has 3 heterocycles. The fourth-order valence-corrected chi connectivity index (χ4v) is 3.82. The molecule has 0 atom stereocenters. The molecule has 1 N–H and O–H groups in total. The van der Waals surface area contributed by atoms with Crippen LogP contribution in [-0.2, 0) is 6.54 Å². The number of pyridine rings is 1. The molecule has 0 saturated heterocycles. The van der Waals surface area contributed by atoms with E-state index in [0.717, 1.165) is 4.57 Å². The van der Waals surface area contributed by atoms with Crippen molar-refractivity contribution in [2.24, 2.45) is 0 Å². The number of benzene rings is 2. The monoisotopic (exact) mass is 394 g/mol. The summed E-state index contributed by atoms with van der Waals surface area (Å²) >= 11 is 0. The molecule has 0 spiro atoms. The van der Waals surface area contributed by atoms with Crippen molar-refractivity contribution < 1.29 is 23.8 Å². The highest BCUT2D eigenvalue weighted by atomic mass is 19.1. The van der Waals surface area contributed by atoms with E-state index in [-0.39, 0.29) is 29.5 Å². The van der Waals surface area contributed by atoms with E-state index in [1.54, 1.807) is 18.2 Å². The highest BCUT2D eigenvalue weighted by molar-refractivity contribution is 6.07. The van der Waals surface area contributed by atoms with E-state index in [9.17, 15) is 19.1 Å². The van der Waals surface area contributed by atoms with Crippen LogP contribution in [0.3, 0.4) is 0 Å². The van der Waals surface area contributed by atoms with Gasteiger partial charge >= 0.3 is 0 Å². The highest BCUT2D eigenvalue weighted by Gasteiger charge is 2.28. The summed E-state index contributed by atoms with van der Waals surface area (Å²) in [5.74, 6) is -0.868. The van der Waals surface area contributed by atoms with Crippen LogP contribution in [0.4, 0.5) is 4.39 Å². The lowest BCUT2D eigenvalue weighted by Crippen LogP contribution is -2.33. The number of nitrogens with zero attached hydrogens (tertiary/aromatic N) is 2. The van der Waals surface area contributed by atoms with Gasteiger partial charge in [0.15, 0.2) is 0 Å². The van der Waals surface area contributed by atoms with Crippen molar-refractivity contribution in [3.05, 3.63) is 64.3 Å². The minimum atomic E-state index is -0.741. The Balaban J connectivity index is 1.82. The summed E-state index contributed by atoms with van der Waals surface area (Å²) in [6.07, 6.45) is 1.38. The number of carbonyl (C=O) groups excluding carboxylic acids is 1. The van der Waals surface area contributed by atoms with Gasteiger partial charge in [-0.2, -0.15) is 0 Å². The zero-order valence-electron chi connectivity index (χ0n) is 15.3. The normalized spacial score (nSPS) is 12.9. The smallest absolute Gasteiger partial charge is 0.271 e. The van der Waals surface area contributed by atoms with Crippen LogP contribution in [0.15, 0.2) is 47.4 Å². The number of aromatic hydroxyl groups is 1. The quantitative estimate of drug-likeness (QED) is 0.565. The predicted molar refractivity (Wildman–Crippen MR) is 104 cm³/mol. The standard InChI is InChI=1S/C21H15FN2O5/c1-28-11-9-13-18-16(10-11)29-8-7-24(18)21(27)17(19(13)25)20(26)23-6-5-12-14(22)3-2-4-15(12)23/h2-6,9-10,25H,7-8H2,1H3. The largest absolute Gasteiger partial charge is 0.506 e. The van der Waals surface area contributed by atoms with Gasteiger partial charge in [-0.15, -0.1) is 0 Å². The lowest BCUT2D eigenvalue weighted by molar-refractivity contribution is 0.0960. The third-order valence-corrected chi connectivity index (χ3v) is 5.19. The third kappa shape index (κ3) is 2.35. The van der Waals surface area contributed by atoms with Crippen LogP contribution in [0.5, 0.6) is 17.2 Å². The van der Waals surface area contributed by atoms with Crippen LogP contribution >= 0.6 is 0 Å². The Labute approximate surface area is 163 Å². The molecule has 8 heteroatoms. The molecule has 0 radical (unpaired) electrons. The van der Waals surface area contributed by atoms with Gasteiger partial charge in [0.2, 0.25) is 0 Å². The van der Waals surface area contributed by atoms with Crippen molar-refractivity contribution in [1.82, 2.24) is 9.13 Å². The first-order chi connectivity index (χ1) is 14.0. The second-order valence-corrected chi connectivity index (χ2v) is 6.71. The lowest BCUT2D eigenvalue weighted by atomic mass is 10.1. The van der Waals surface area contributed by atoms with Gasteiger partial charge in [0.1, 0.15) is 35.2 Å². The van der Waals surface area contributed by atoms with Crippen LogP contribution in [0, 0.1) is 5.82 Å². The van der Waals surface area contributed by atoms with E-state index in [1.165, 1.54) is 36.1 Å². The highest BCUT2D eigenvalue weighted by Crippen LogP contribution is 2.38. The van der Waals surface area contributed by atoms with E-state index >= 15 is 0 Å². The second kappa shape index (κ2) is 6.10. The number of hydrogen-bond donors (Lipinski definition) is 1. The van der Waals surface area contributed by atoms with E-state index in [2.05, 4.69) is 0 Å². The number of ether oxygens (including phenoxy) is 2. The molecule has 0 amide bonds. The molecule has 2 aromatic heterocycles. The molecule has 0 bridgehead atoms. The maximum absolute atomic E-state index is 14.0. The van der Waals surface area contributed by atoms with Crippen molar-refractivity contribution in [2.75, 3.05) is 13.7 Å². The van der Waals surface area contributed by atoms with E-state index in [0.29, 0.717) is 22.5 Å². The minimum absolute atomic E-state index is 0.232. The van der Waals surface area contributed by atoms with E-state index < -0.39 is 23.0 Å². The molecule has 146 valence electrons. The first-order valence-corrected chi connectivity index (χ1v) is 8.92. The van der Waals surface area contributed by atoms with Crippen LogP contribution < -0.4 is 15.0 Å². The molecule has 2 aromatic carbocycles. The first kappa shape index (κ1) is 17.3. The molecule has 29 heavy (non-hydrogen) atoms. The molecule has 1 aliphatic rings. The van der Waals surface area contributed by atoms with Crippen molar-refractivity contribution in [3.63, 3.8) is 0 Å². The number of halogens is 1. The summed E-state index contributed by atoms with van der Waals surface area (Å²) in [6.45, 7) is 0.474. The summed E-state index contributed by atoms with van der Waals surface area (Å²) in [6, 6.07) is 8.97. The summed E-state index contributed by atoms with van der Waals surface area (Å²) in [4.78, 5) is 26.4. The SMILES string of the molecule is COc1cc2c3c(c1)c(O)c(C(=O)n1ccc4c(F)cccc41)c(=O)n3CCO2. The first-order valence-electron chi connectivity index (χ1n) is 8.92. The topological polar surface area (TPSA) is 82.7 Å². The summed E-state index contributed by atoms with van der Waals surface area (Å²) < 4.78 is 27.4. The molecule has 0 aliphatic carbocycles. The van der Waals surface area contributed by atoms with Crippen LogP contribution in [0.1, 0.15) is 10.4 Å². The van der Waals surface area contributed by atoms with Gasteiger partial charge in [0, 0.05) is 23.0 Å². The lowest BCUT2D eigenvalue weighted by Gasteiger charge is -2.22. The van der Waals surface area contributed by atoms with Gasteiger partial charge < -0.3 is 19.1 Å². The summed E-state index contributed by atoms with van der Waals surface area (Å²) in [5.41, 5.74) is -0.310. The summed E-state index contributed by atoms with van der Waals surface area (Å²) in [7, 11) is 1.47. The van der Waals surface area contributed by atoms with Crippen molar-refractivity contribution in [1.29, 1.82) is 0 Å². The van der Waals surface area contributed by atoms with Crippen molar-refractivity contribution in [2.45, 2.75) is 6.54 Å². The van der Waals surface area contributed by atoms with Gasteiger partial charge in [0.05, 0.1) is 24.7 Å². The maximum atomic E-state index is 14.0. The zero-order chi connectivity index (χ0) is 20.3. The minimum Gasteiger partial charge on any atom is -0.506 e. The molecule has 1 aliphatic heterocycles. The number of methoxy groups -OCH3 is 1. The maximum Gasteiger partial charge on any atom is 0.271 e. The molecular formula is C21H15FN2O5. The van der Waals surface area contributed by atoms with Gasteiger partial charge in [-0.3, -0.25) is 14.2 Å². The fraction of sp³-hybridized carbons (Fsp3) is 0.143. The molecule has 0 saturated carbocycles. The Kier molecular flexibility index (Phi) is 3.64. The Morgan fingerprint density at radius 3 is 2.86 bits per heavy atom. The van der Waals surface area contributed by atoms with Crippen LogP contribution in [0.2, 0.25) is 0 Å². The Hall–Kier alpha value is -3.81. The van der Waals surface area contributed by atoms with Crippen molar-refractivity contribution in [3.8, 4) is 17.2 Å². The van der Waals surface area contributed by atoms with Gasteiger partial charge in [-0.25, -0.2) is 4.39 Å². The number of hydrogen-bond acceptors (Lipinski definition) is 5. The average Bonchev–Trinajstić information content (AvgIpc) is 3.17. The number of rotatable bonds is 2. The average molecular weight is 394 g/mol. The molecule has 0 unspecified atom stereocenters. The van der Waals surface area contributed by atoms with Crippen molar-refractivity contribution >= 4 is 27.7 Å². The molecule has 5 rings (SSSR count). The zero-order valence-corrected chi connectivity index (χ0v) is 15.3. The molecule has 7 nitrogen and oxygen atoms in total. The Bertz CT molecular complexity index is 1390. The number of aromatic nitrogens is 2.